The summed E-state index contributed by atoms with van der Waals surface area (Å²) in [6.45, 7) is 2.74. The number of carbonyl (C=O) groups is 3. The highest BCUT2D eigenvalue weighted by atomic mass is 35.5. The number of carbonyl (C=O) groups excluding carboxylic acids is 2. The Morgan fingerprint density at radius 1 is 1.19 bits per heavy atom. The van der Waals surface area contributed by atoms with Gasteiger partial charge in [0.2, 0.25) is 5.91 Å². The van der Waals surface area contributed by atoms with Crippen molar-refractivity contribution in [2.75, 3.05) is 6.54 Å². The molecule has 12 heteroatoms. The van der Waals surface area contributed by atoms with Crippen molar-refractivity contribution >= 4 is 29.4 Å². The van der Waals surface area contributed by atoms with Gasteiger partial charge in [0.1, 0.15) is 11.8 Å². The number of benzene rings is 2. The average molecular weight is 543 g/mol. The molecule has 1 aliphatic heterocycles. The molecule has 3 rings (SSSR count). The highest BCUT2D eigenvalue weighted by molar-refractivity contribution is 6.22. The van der Waals surface area contributed by atoms with E-state index in [1.54, 1.807) is 6.92 Å². The van der Waals surface area contributed by atoms with E-state index in [4.69, 9.17) is 11.6 Å². The number of rotatable bonds is 7. The Kier molecular flexibility index (Phi) is 8.09. The molecular formula is C25H26ClF3N2O6. The van der Waals surface area contributed by atoms with Crippen molar-refractivity contribution in [2.45, 2.75) is 56.4 Å². The minimum atomic E-state index is -4.51. The Labute approximate surface area is 215 Å². The predicted octanol–water partition coefficient (Wildman–Crippen LogP) is 3.37. The first-order valence-electron chi connectivity index (χ1n) is 11.3. The second-order valence-corrected chi connectivity index (χ2v) is 9.57. The molecule has 2 amide bonds. The van der Waals surface area contributed by atoms with Crippen molar-refractivity contribution in [1.82, 2.24) is 10.2 Å². The summed E-state index contributed by atoms with van der Waals surface area (Å²) in [4.78, 5) is 38.6. The first-order valence-corrected chi connectivity index (χ1v) is 11.8. The van der Waals surface area contributed by atoms with Crippen LogP contribution in [0.1, 0.15) is 45.5 Å². The van der Waals surface area contributed by atoms with Crippen molar-refractivity contribution in [3.63, 3.8) is 0 Å². The number of halogens is 4. The van der Waals surface area contributed by atoms with Crippen LogP contribution in [-0.2, 0) is 22.2 Å². The second kappa shape index (κ2) is 10.6. The van der Waals surface area contributed by atoms with Crippen molar-refractivity contribution in [1.29, 1.82) is 0 Å². The molecule has 2 aromatic rings. The number of aliphatic hydroxyl groups is 1. The lowest BCUT2D eigenvalue weighted by Crippen LogP contribution is -2.63. The standard InChI is InChI=1S/C25H26ClF3N2O6/c1-13-9-17(14(2)19(32)10-13)22(34)30-21-18(26)12-31(24(21,37)23(35)36)20(33)8-4-6-15-5-3-7-16(11-15)25(27,28)29/h3,5,7,9-11,18,21,32,37H,4,6,8,12H2,1-2H3,(H,30,34)(H,35,36)/t18?,21?,24-/m1/s1. The highest BCUT2D eigenvalue weighted by Gasteiger charge is 2.60. The molecule has 2 aromatic carbocycles. The Morgan fingerprint density at radius 2 is 1.86 bits per heavy atom. The summed E-state index contributed by atoms with van der Waals surface area (Å²) >= 11 is 6.28. The van der Waals surface area contributed by atoms with Crippen LogP contribution in [0.15, 0.2) is 36.4 Å². The zero-order chi connectivity index (χ0) is 27.7. The SMILES string of the molecule is Cc1cc(O)c(C)c(C(=O)NC2C(Cl)CN(C(=O)CCCc3cccc(C(F)(F)F)c3)[C@]2(O)C(=O)O)c1. The topological polar surface area (TPSA) is 127 Å². The number of hydrogen-bond donors (Lipinski definition) is 4. The van der Waals surface area contributed by atoms with Gasteiger partial charge in [0.15, 0.2) is 0 Å². The monoisotopic (exact) mass is 542 g/mol. The number of aliphatic carboxylic acids is 1. The van der Waals surface area contributed by atoms with Gasteiger partial charge in [0, 0.05) is 24.1 Å². The number of amides is 2. The number of phenolic OH excluding ortho intramolecular Hbond substituents is 1. The molecule has 4 N–H and O–H groups in total. The number of hydrogen-bond acceptors (Lipinski definition) is 5. The van der Waals surface area contributed by atoms with Gasteiger partial charge < -0.3 is 25.5 Å². The smallest absolute Gasteiger partial charge is 0.416 e. The summed E-state index contributed by atoms with van der Waals surface area (Å²) < 4.78 is 38.8. The van der Waals surface area contributed by atoms with Crippen LogP contribution in [0, 0.1) is 13.8 Å². The number of alkyl halides is 4. The molecule has 0 aliphatic carbocycles. The summed E-state index contributed by atoms with van der Waals surface area (Å²) in [5.41, 5.74) is -2.51. The number of phenols is 1. The Balaban J connectivity index is 1.74. The molecule has 0 bridgehead atoms. The fourth-order valence-corrected chi connectivity index (χ4v) is 4.72. The maximum Gasteiger partial charge on any atom is 0.416 e. The number of likely N-dealkylation sites (tertiary alicyclic amines) is 1. The van der Waals surface area contributed by atoms with Gasteiger partial charge in [-0.15, -0.1) is 11.6 Å². The summed E-state index contributed by atoms with van der Waals surface area (Å²) in [5, 5.41) is 32.1. The van der Waals surface area contributed by atoms with Gasteiger partial charge in [-0.1, -0.05) is 18.2 Å². The highest BCUT2D eigenvalue weighted by Crippen LogP contribution is 2.34. The van der Waals surface area contributed by atoms with Crippen LogP contribution in [0.5, 0.6) is 5.75 Å². The number of aromatic hydroxyl groups is 1. The van der Waals surface area contributed by atoms with Crippen LogP contribution < -0.4 is 5.32 Å². The molecule has 0 aromatic heterocycles. The van der Waals surface area contributed by atoms with Crippen molar-refractivity contribution < 1.29 is 42.9 Å². The minimum Gasteiger partial charge on any atom is -0.508 e. The van der Waals surface area contributed by atoms with Crippen LogP contribution in [0.3, 0.4) is 0 Å². The van der Waals surface area contributed by atoms with Crippen LogP contribution in [-0.4, -0.2) is 61.7 Å². The fourth-order valence-electron chi connectivity index (χ4n) is 4.35. The lowest BCUT2D eigenvalue weighted by molar-refractivity contribution is -0.185. The molecule has 2 unspecified atom stereocenters. The predicted molar refractivity (Wildman–Crippen MR) is 127 cm³/mol. The van der Waals surface area contributed by atoms with Gasteiger partial charge in [-0.3, -0.25) is 9.59 Å². The Morgan fingerprint density at radius 3 is 2.49 bits per heavy atom. The average Bonchev–Trinajstić information content (AvgIpc) is 3.07. The van der Waals surface area contributed by atoms with Gasteiger partial charge in [0.05, 0.1) is 10.9 Å². The third-order valence-corrected chi connectivity index (χ3v) is 6.74. The van der Waals surface area contributed by atoms with E-state index in [1.165, 1.54) is 31.2 Å². The van der Waals surface area contributed by atoms with E-state index >= 15 is 0 Å². The summed E-state index contributed by atoms with van der Waals surface area (Å²) in [6, 6.07) is 5.96. The molecule has 0 radical (unpaired) electrons. The third kappa shape index (κ3) is 5.83. The molecule has 3 atom stereocenters. The molecule has 200 valence electrons. The summed E-state index contributed by atoms with van der Waals surface area (Å²) in [7, 11) is 0. The maximum atomic E-state index is 12.9. The fraction of sp³-hybridized carbons (Fsp3) is 0.400. The van der Waals surface area contributed by atoms with E-state index < -0.39 is 53.2 Å². The molecule has 8 nitrogen and oxygen atoms in total. The van der Waals surface area contributed by atoms with E-state index in [-0.39, 0.29) is 36.1 Å². The molecule has 1 fully saturated rings. The molecule has 0 saturated carbocycles. The van der Waals surface area contributed by atoms with Crippen molar-refractivity contribution in [3.05, 3.63) is 64.2 Å². The lowest BCUT2D eigenvalue weighted by Gasteiger charge is -2.34. The molecular weight excluding hydrogens is 517 g/mol. The van der Waals surface area contributed by atoms with Crippen LogP contribution in [0.25, 0.3) is 0 Å². The largest absolute Gasteiger partial charge is 0.508 e. The van der Waals surface area contributed by atoms with E-state index in [0.29, 0.717) is 16.0 Å². The zero-order valence-electron chi connectivity index (χ0n) is 20.0. The van der Waals surface area contributed by atoms with Crippen molar-refractivity contribution in [2.24, 2.45) is 0 Å². The van der Waals surface area contributed by atoms with Crippen LogP contribution >= 0.6 is 11.6 Å². The van der Waals surface area contributed by atoms with Crippen molar-refractivity contribution in [3.8, 4) is 5.75 Å². The van der Waals surface area contributed by atoms with Crippen LogP contribution in [0.2, 0.25) is 0 Å². The normalized spacial score (nSPS) is 21.6. The number of carboxylic acids is 1. The number of nitrogens with one attached hydrogen (secondary N) is 1. The van der Waals surface area contributed by atoms with Gasteiger partial charge in [-0.05, 0) is 56.0 Å². The van der Waals surface area contributed by atoms with Gasteiger partial charge in [-0.25, -0.2) is 4.79 Å². The van der Waals surface area contributed by atoms with Crippen LogP contribution in [0.4, 0.5) is 13.2 Å². The molecule has 0 spiro atoms. The minimum absolute atomic E-state index is 0.0416. The molecule has 1 aliphatic rings. The molecule has 1 heterocycles. The third-order valence-electron chi connectivity index (χ3n) is 6.35. The quantitative estimate of drug-likeness (QED) is 0.397. The number of aryl methyl sites for hydroxylation is 2. The van der Waals surface area contributed by atoms with Gasteiger partial charge in [0.25, 0.3) is 11.6 Å². The lowest BCUT2D eigenvalue weighted by atomic mass is 10.0. The first kappa shape index (κ1) is 28.3. The first-order chi connectivity index (χ1) is 17.2. The Bertz CT molecular complexity index is 1220. The number of carboxylic acid groups (broad SMARTS) is 1. The molecule has 1 saturated heterocycles. The van der Waals surface area contributed by atoms with Gasteiger partial charge in [-0.2, -0.15) is 13.2 Å². The summed E-state index contributed by atoms with van der Waals surface area (Å²) in [5.74, 6) is -3.55. The van der Waals surface area contributed by atoms with E-state index in [0.717, 1.165) is 12.1 Å². The van der Waals surface area contributed by atoms with E-state index in [1.807, 2.05) is 0 Å². The Hall–Kier alpha value is -3.31. The zero-order valence-corrected chi connectivity index (χ0v) is 20.7. The van der Waals surface area contributed by atoms with Gasteiger partial charge >= 0.3 is 12.1 Å². The summed E-state index contributed by atoms with van der Waals surface area (Å²) in [6.07, 6.45) is -4.60. The maximum absolute atomic E-state index is 12.9. The van der Waals surface area contributed by atoms with E-state index in [2.05, 4.69) is 5.32 Å². The molecule has 37 heavy (non-hydrogen) atoms. The van der Waals surface area contributed by atoms with E-state index in [9.17, 15) is 42.9 Å². The number of nitrogens with zero attached hydrogens (tertiary/aromatic N) is 1. The second-order valence-electron chi connectivity index (χ2n) is 9.01.